The highest BCUT2D eigenvalue weighted by Crippen LogP contribution is 2.43. The number of nitriles is 1. The molecule has 0 amide bonds. The van der Waals surface area contributed by atoms with E-state index in [1.54, 1.807) is 6.92 Å². The maximum Gasteiger partial charge on any atom is 0.267 e. The molecule has 1 atom stereocenters. The number of rotatable bonds is 5. The van der Waals surface area contributed by atoms with Crippen molar-refractivity contribution in [3.63, 3.8) is 0 Å². The Balaban J connectivity index is 1.83. The van der Waals surface area contributed by atoms with E-state index in [2.05, 4.69) is 25.3 Å². The molecule has 0 unspecified atom stereocenters. The van der Waals surface area contributed by atoms with Crippen molar-refractivity contribution in [3.05, 3.63) is 74.3 Å². The SMILES string of the molecule is Cc1nc(N)c(C#N)c(N[C@H](c2nc3c(F)ccc(Cl)c3c(=O)n2-c2cncc(F)c2C)C2CC2)n1. The summed E-state index contributed by atoms with van der Waals surface area (Å²) in [6, 6.07) is 3.68. The number of nitrogens with zero attached hydrogens (tertiary/aromatic N) is 6. The van der Waals surface area contributed by atoms with Crippen molar-refractivity contribution in [1.82, 2.24) is 24.5 Å². The first-order valence-electron chi connectivity index (χ1n) is 11.0. The second-order valence-corrected chi connectivity index (χ2v) is 8.99. The highest BCUT2D eigenvalue weighted by Gasteiger charge is 2.37. The predicted molar refractivity (Wildman–Crippen MR) is 130 cm³/mol. The van der Waals surface area contributed by atoms with Crippen LogP contribution in [-0.2, 0) is 0 Å². The highest BCUT2D eigenvalue weighted by atomic mass is 35.5. The zero-order valence-electron chi connectivity index (χ0n) is 19.2. The van der Waals surface area contributed by atoms with Crippen molar-refractivity contribution in [2.75, 3.05) is 11.1 Å². The first-order valence-corrected chi connectivity index (χ1v) is 11.4. The van der Waals surface area contributed by atoms with Crippen LogP contribution in [0.2, 0.25) is 5.02 Å². The van der Waals surface area contributed by atoms with Gasteiger partial charge in [0.25, 0.3) is 5.56 Å². The number of hydrogen-bond acceptors (Lipinski definition) is 8. The Morgan fingerprint density at radius 1 is 1.19 bits per heavy atom. The van der Waals surface area contributed by atoms with Gasteiger partial charge in [-0.05, 0) is 44.7 Å². The number of benzene rings is 1. The van der Waals surface area contributed by atoms with Gasteiger partial charge < -0.3 is 11.1 Å². The van der Waals surface area contributed by atoms with Gasteiger partial charge in [0, 0.05) is 5.56 Å². The summed E-state index contributed by atoms with van der Waals surface area (Å²) in [4.78, 5) is 30.6. The van der Waals surface area contributed by atoms with Gasteiger partial charge in [0.2, 0.25) is 0 Å². The van der Waals surface area contributed by atoms with Crippen LogP contribution in [0.5, 0.6) is 0 Å². The van der Waals surface area contributed by atoms with E-state index in [4.69, 9.17) is 17.3 Å². The Labute approximate surface area is 208 Å². The fourth-order valence-corrected chi connectivity index (χ4v) is 4.40. The van der Waals surface area contributed by atoms with E-state index in [0.717, 1.165) is 25.1 Å². The Hall–Kier alpha value is -4.17. The van der Waals surface area contributed by atoms with E-state index < -0.39 is 23.2 Å². The molecule has 0 radical (unpaired) electrons. The van der Waals surface area contributed by atoms with Gasteiger partial charge in [0.15, 0.2) is 5.82 Å². The van der Waals surface area contributed by atoms with E-state index >= 15 is 0 Å². The molecule has 3 N–H and O–H groups in total. The smallest absolute Gasteiger partial charge is 0.267 e. The second kappa shape index (κ2) is 8.80. The third-order valence-electron chi connectivity index (χ3n) is 6.14. The molecule has 182 valence electrons. The summed E-state index contributed by atoms with van der Waals surface area (Å²) in [6.07, 6.45) is 3.91. The molecule has 4 aromatic rings. The molecule has 0 spiro atoms. The molecule has 3 heterocycles. The van der Waals surface area contributed by atoms with Gasteiger partial charge in [0.1, 0.15) is 46.3 Å². The Bertz CT molecular complexity index is 1640. The van der Waals surface area contributed by atoms with E-state index in [-0.39, 0.29) is 56.1 Å². The number of nitrogens with one attached hydrogen (secondary N) is 1. The van der Waals surface area contributed by atoms with Crippen molar-refractivity contribution >= 4 is 34.1 Å². The number of pyridine rings is 1. The van der Waals surface area contributed by atoms with Crippen LogP contribution in [0.4, 0.5) is 20.4 Å². The number of nitrogen functional groups attached to an aromatic ring is 1. The molecule has 1 aromatic carbocycles. The summed E-state index contributed by atoms with van der Waals surface area (Å²) in [7, 11) is 0. The van der Waals surface area contributed by atoms with Gasteiger partial charge in [-0.3, -0.25) is 14.3 Å². The summed E-state index contributed by atoms with van der Waals surface area (Å²) in [5, 5.41) is 12.7. The average molecular weight is 509 g/mol. The minimum Gasteiger partial charge on any atom is -0.382 e. The first kappa shape index (κ1) is 23.6. The van der Waals surface area contributed by atoms with Gasteiger partial charge in [-0.1, -0.05) is 11.6 Å². The summed E-state index contributed by atoms with van der Waals surface area (Å²) >= 11 is 6.28. The minimum absolute atomic E-state index is 0.00564. The molecule has 1 fully saturated rings. The van der Waals surface area contributed by atoms with Gasteiger partial charge in [-0.25, -0.2) is 23.7 Å². The summed E-state index contributed by atoms with van der Waals surface area (Å²) < 4.78 is 30.6. The van der Waals surface area contributed by atoms with Crippen LogP contribution in [0.1, 0.15) is 41.7 Å². The quantitative estimate of drug-likeness (QED) is 0.410. The molecular formula is C24H19ClF2N8O. The number of hydrogen-bond donors (Lipinski definition) is 2. The Morgan fingerprint density at radius 3 is 2.64 bits per heavy atom. The third-order valence-corrected chi connectivity index (χ3v) is 6.46. The minimum atomic E-state index is -0.733. The number of fused-ring (bicyclic) bond motifs is 1. The van der Waals surface area contributed by atoms with E-state index in [9.17, 15) is 18.8 Å². The molecule has 0 bridgehead atoms. The van der Waals surface area contributed by atoms with Crippen molar-refractivity contribution in [2.45, 2.75) is 32.7 Å². The fraction of sp³-hybridized carbons (Fsp3) is 0.250. The molecule has 9 nitrogen and oxygen atoms in total. The van der Waals surface area contributed by atoms with Crippen LogP contribution >= 0.6 is 11.6 Å². The lowest BCUT2D eigenvalue weighted by Crippen LogP contribution is -2.30. The monoisotopic (exact) mass is 508 g/mol. The zero-order valence-corrected chi connectivity index (χ0v) is 19.9. The van der Waals surface area contributed by atoms with E-state index in [1.807, 2.05) is 6.07 Å². The van der Waals surface area contributed by atoms with Gasteiger partial charge in [0.05, 0.1) is 34.5 Å². The van der Waals surface area contributed by atoms with Crippen LogP contribution in [-0.4, -0.2) is 24.5 Å². The second-order valence-electron chi connectivity index (χ2n) is 8.58. The first-order chi connectivity index (χ1) is 17.2. The molecule has 1 aliphatic carbocycles. The number of halogens is 3. The van der Waals surface area contributed by atoms with Gasteiger partial charge in [-0.15, -0.1) is 0 Å². The number of aryl methyl sites for hydroxylation is 1. The topological polar surface area (TPSA) is 135 Å². The molecule has 12 heteroatoms. The molecule has 0 saturated heterocycles. The molecule has 1 aliphatic rings. The average Bonchev–Trinajstić information content (AvgIpc) is 3.67. The highest BCUT2D eigenvalue weighted by molar-refractivity contribution is 6.35. The molecule has 36 heavy (non-hydrogen) atoms. The fourth-order valence-electron chi connectivity index (χ4n) is 4.17. The molecule has 5 rings (SSSR count). The molecular weight excluding hydrogens is 490 g/mol. The standard InChI is InChI=1S/C24H19ClF2N8O/c1-10-16(27)8-30-9-17(10)35-23(34-20-15(26)6-5-14(25)18(20)24(35)36)19(12-3-4-12)33-22-13(7-28)21(29)31-11(2)32-22/h5-6,8-9,12,19H,3-4H2,1-2H3,(H3,29,31,32,33)/t19-/m0/s1. The summed E-state index contributed by atoms with van der Waals surface area (Å²) in [5.41, 5.74) is 5.35. The third kappa shape index (κ3) is 3.89. The normalized spacial score (nSPS) is 14.0. The van der Waals surface area contributed by atoms with Crippen molar-refractivity contribution in [2.24, 2.45) is 5.92 Å². The maximum absolute atomic E-state index is 14.9. The molecule has 3 aromatic heterocycles. The van der Waals surface area contributed by atoms with Crippen LogP contribution in [0.15, 0.2) is 29.3 Å². The molecule has 1 saturated carbocycles. The lowest BCUT2D eigenvalue weighted by atomic mass is 10.1. The van der Waals surface area contributed by atoms with Crippen LogP contribution in [0.25, 0.3) is 16.6 Å². The maximum atomic E-state index is 14.9. The summed E-state index contributed by atoms with van der Waals surface area (Å²) in [6.45, 7) is 3.12. The van der Waals surface area contributed by atoms with Crippen molar-refractivity contribution < 1.29 is 8.78 Å². The van der Waals surface area contributed by atoms with Gasteiger partial charge in [-0.2, -0.15) is 5.26 Å². The van der Waals surface area contributed by atoms with Crippen LogP contribution in [0.3, 0.4) is 0 Å². The van der Waals surface area contributed by atoms with Crippen molar-refractivity contribution in [3.8, 4) is 11.8 Å². The van der Waals surface area contributed by atoms with E-state index in [0.29, 0.717) is 5.82 Å². The largest absolute Gasteiger partial charge is 0.382 e. The lowest BCUT2D eigenvalue weighted by Gasteiger charge is -2.24. The number of nitrogens with two attached hydrogens (primary N) is 1. The van der Waals surface area contributed by atoms with Crippen LogP contribution < -0.4 is 16.6 Å². The Kier molecular flexibility index (Phi) is 5.76. The number of anilines is 2. The van der Waals surface area contributed by atoms with E-state index in [1.165, 1.54) is 23.8 Å². The zero-order chi connectivity index (χ0) is 25.7. The van der Waals surface area contributed by atoms with Crippen LogP contribution in [0, 0.1) is 42.7 Å². The predicted octanol–water partition coefficient (Wildman–Crippen LogP) is 4.14. The Morgan fingerprint density at radius 2 is 1.94 bits per heavy atom. The lowest BCUT2D eigenvalue weighted by molar-refractivity contribution is 0.589. The number of aromatic nitrogens is 5. The molecule has 0 aliphatic heterocycles. The van der Waals surface area contributed by atoms with Crippen molar-refractivity contribution in [1.29, 1.82) is 5.26 Å². The van der Waals surface area contributed by atoms with Gasteiger partial charge >= 0.3 is 0 Å². The summed E-state index contributed by atoms with van der Waals surface area (Å²) in [5.74, 6) is -0.815.